The summed E-state index contributed by atoms with van der Waals surface area (Å²) in [5.74, 6) is 0. The van der Waals surface area contributed by atoms with Gasteiger partial charge in [0.15, 0.2) is 12.4 Å². The Labute approximate surface area is 293 Å². The molecule has 0 bridgehead atoms. The first-order valence-electron chi connectivity index (χ1n) is 12.0. The highest BCUT2D eigenvalue weighted by Crippen LogP contribution is 2.32. The zero-order valence-electron chi connectivity index (χ0n) is 24.7. The van der Waals surface area contributed by atoms with Crippen molar-refractivity contribution in [1.82, 2.24) is 0 Å². The molecule has 1 fully saturated rings. The quantitative estimate of drug-likeness (QED) is 0.0352. The molecule has 0 aliphatic carbocycles. The third kappa shape index (κ3) is 19.5. The van der Waals surface area contributed by atoms with Crippen LogP contribution in [0.15, 0.2) is 0 Å². The van der Waals surface area contributed by atoms with Gasteiger partial charge < -0.3 is 18.9 Å². The molecule has 0 saturated carbocycles. The van der Waals surface area contributed by atoms with E-state index in [1.54, 1.807) is 0 Å². The van der Waals surface area contributed by atoms with E-state index in [4.69, 9.17) is 32.6 Å². The first-order valence-corrected chi connectivity index (χ1v) is 20.9. The molecule has 1 saturated heterocycles. The minimum atomic E-state index is -5.76. The van der Waals surface area contributed by atoms with Crippen LogP contribution in [0.3, 0.4) is 0 Å². The van der Waals surface area contributed by atoms with E-state index < -0.39 is 150 Å². The lowest BCUT2D eigenvalue weighted by Gasteiger charge is -2.43. The monoisotopic (exact) mass is 900 g/mol. The van der Waals surface area contributed by atoms with Crippen LogP contribution in [-0.4, -0.2) is 172 Å². The molecule has 11 atom stereocenters. The van der Waals surface area contributed by atoms with E-state index in [0.29, 0.717) is 14.2 Å². The van der Waals surface area contributed by atoms with Crippen molar-refractivity contribution in [3.05, 3.63) is 0 Å². The lowest BCUT2D eigenvalue weighted by molar-refractivity contribution is -0.292. The van der Waals surface area contributed by atoms with Gasteiger partial charge in [-0.3, -0.25) is 40.2 Å². The van der Waals surface area contributed by atoms with Gasteiger partial charge >= 0.3 is 74.7 Å². The minimum Gasteiger partial charge on any atom is -0.376 e. The second-order valence-electron chi connectivity index (χ2n) is 8.87. The van der Waals surface area contributed by atoms with Gasteiger partial charge in [0.05, 0.1) is 19.8 Å². The summed E-state index contributed by atoms with van der Waals surface area (Å²) in [4.78, 5) is 0. The van der Waals surface area contributed by atoms with Crippen LogP contribution in [0.5, 0.6) is 0 Å². The van der Waals surface area contributed by atoms with Crippen LogP contribution in [0.25, 0.3) is 0 Å². The fourth-order valence-corrected chi connectivity index (χ4v) is 6.84. The van der Waals surface area contributed by atoms with Crippen molar-refractivity contribution >= 4 is 74.7 Å². The molecule has 1 aliphatic rings. The van der Waals surface area contributed by atoms with Crippen LogP contribution in [0, 0.1) is 0 Å². The molecule has 0 amide bonds. The van der Waals surface area contributed by atoms with Gasteiger partial charge in [0, 0.05) is 14.2 Å². The SMILES string of the molecule is CO[C@@H]([C@H](OC)[C@@H](COS(=O)(=O)O)OS(=O)(=O)O)[C@@H](CO[C@@H]1O[C@H](COS(=O)(=O)O)[C@@H](OS(=O)O)[C@H](OS(=O)O)[C@H]1OS(=O)(=O)O)OS(=O)(=O)O. The summed E-state index contributed by atoms with van der Waals surface area (Å²) in [7, 11) is -26.4. The molecule has 0 aromatic carbocycles. The van der Waals surface area contributed by atoms with Crippen molar-refractivity contribution in [1.29, 1.82) is 0 Å². The molecular weight excluding hydrogens is 873 g/mol. The minimum absolute atomic E-state index is 0.687. The number of rotatable bonds is 24. The van der Waals surface area contributed by atoms with E-state index in [-0.39, 0.29) is 0 Å². The van der Waals surface area contributed by atoms with Crippen molar-refractivity contribution in [2.24, 2.45) is 0 Å². The Kier molecular flexibility index (Phi) is 18.7. The Bertz CT molecular complexity index is 1720. The van der Waals surface area contributed by atoms with Crippen LogP contribution >= 0.6 is 0 Å². The Morgan fingerprint density at radius 2 is 1.04 bits per heavy atom. The summed E-state index contributed by atoms with van der Waals surface area (Å²) in [5, 5.41) is 0. The smallest absolute Gasteiger partial charge is 0.376 e. The molecule has 1 rings (SSSR count). The fraction of sp³-hybridized carbons (Fsp3) is 1.00. The normalized spacial score (nSPS) is 26.2. The Balaban J connectivity index is 3.79. The number of ether oxygens (including phenoxy) is 4. The van der Waals surface area contributed by atoms with Gasteiger partial charge in [-0.1, -0.05) is 0 Å². The van der Waals surface area contributed by atoms with E-state index in [9.17, 15) is 68.7 Å². The van der Waals surface area contributed by atoms with Crippen molar-refractivity contribution in [2.75, 3.05) is 34.0 Å². The van der Waals surface area contributed by atoms with Gasteiger partial charge in [0.2, 0.25) is 0 Å². The highest BCUT2D eigenvalue weighted by Gasteiger charge is 2.53. The van der Waals surface area contributed by atoms with Gasteiger partial charge in [-0.15, -0.1) is 0 Å². The number of hydrogen-bond donors (Lipinski definition) is 7. The van der Waals surface area contributed by atoms with E-state index in [1.165, 1.54) is 0 Å². The summed E-state index contributed by atoms with van der Waals surface area (Å²) in [6.45, 7) is -4.58. The molecule has 1 aliphatic heterocycles. The summed E-state index contributed by atoms with van der Waals surface area (Å²) < 4.78 is 252. The Morgan fingerprint density at radius 1 is 0.608 bits per heavy atom. The highest BCUT2D eigenvalue weighted by atomic mass is 32.3. The number of hydrogen-bond acceptors (Lipinski definition) is 23. The molecule has 2 unspecified atom stereocenters. The van der Waals surface area contributed by atoms with Gasteiger partial charge in [0.1, 0.15) is 42.7 Å². The summed E-state index contributed by atoms with van der Waals surface area (Å²) in [6.07, 6.45) is -22.0. The summed E-state index contributed by atoms with van der Waals surface area (Å²) in [6, 6.07) is 0. The average Bonchev–Trinajstić information content (AvgIpc) is 2.90. The predicted molar refractivity (Wildman–Crippen MR) is 152 cm³/mol. The maximum absolute atomic E-state index is 11.7. The van der Waals surface area contributed by atoms with Crippen molar-refractivity contribution < 1.29 is 131 Å². The van der Waals surface area contributed by atoms with Crippen molar-refractivity contribution in [2.45, 2.75) is 55.1 Å². The third-order valence-corrected chi connectivity index (χ3v) is 8.58. The third-order valence-electron chi connectivity index (χ3n) is 5.49. The zero-order chi connectivity index (χ0) is 39.8. The van der Waals surface area contributed by atoms with Gasteiger partial charge in [-0.25, -0.2) is 20.9 Å². The lowest BCUT2D eigenvalue weighted by Crippen LogP contribution is -2.63. The van der Waals surface area contributed by atoms with Gasteiger partial charge in [-0.2, -0.15) is 50.5 Å². The molecule has 0 radical (unpaired) electrons. The zero-order valence-corrected chi connectivity index (χ0v) is 30.4. The topological polar surface area (TPSA) is 448 Å². The Hall–Kier alpha value is -0.670. The molecule has 0 aromatic heterocycles. The standard InChI is InChI=1S/C14H28O30S7/c1-34-9(10(35-2)8(43-50(28,29)30)5-38-48(22,23)24)7(42-49(25,26)27)3-36-14-13(44-51(31,32)33)12(41-46(17)18)11(40-45(15)16)6(39-14)4-37-47(19,20)21/h6-14H,3-5H2,1-2H3,(H,15,16)(H,17,18)(H,19,20,21)(H,22,23,24)(H,25,26,27)(H,28,29,30)(H,31,32,33)/t6-,7-,8-,9-,10-,11-,12+,13-,14-/m1/s1. The lowest BCUT2D eigenvalue weighted by atomic mass is 9.99. The van der Waals surface area contributed by atoms with Crippen molar-refractivity contribution in [3.63, 3.8) is 0 Å². The van der Waals surface area contributed by atoms with Gasteiger partial charge in [-0.05, 0) is 0 Å². The first kappa shape index (κ1) is 48.3. The Morgan fingerprint density at radius 3 is 1.41 bits per heavy atom. The molecule has 51 heavy (non-hydrogen) atoms. The van der Waals surface area contributed by atoms with Crippen LogP contribution in [0.4, 0.5) is 0 Å². The molecule has 0 spiro atoms. The largest absolute Gasteiger partial charge is 0.397 e. The molecule has 7 N–H and O–H groups in total. The average molecular weight is 901 g/mol. The van der Waals surface area contributed by atoms with E-state index in [1.807, 2.05) is 0 Å². The second kappa shape index (κ2) is 19.8. The summed E-state index contributed by atoms with van der Waals surface area (Å²) in [5.41, 5.74) is 0. The second-order valence-corrected chi connectivity index (χ2v) is 15.5. The van der Waals surface area contributed by atoms with Crippen molar-refractivity contribution in [3.8, 4) is 0 Å². The molecule has 0 aromatic rings. The van der Waals surface area contributed by atoms with Crippen LogP contribution in [0.2, 0.25) is 0 Å². The maximum Gasteiger partial charge on any atom is 0.397 e. The predicted octanol–water partition coefficient (Wildman–Crippen LogP) is -5.00. The van der Waals surface area contributed by atoms with E-state index in [2.05, 4.69) is 29.3 Å². The molecule has 1 heterocycles. The van der Waals surface area contributed by atoms with Gasteiger partial charge in [0.25, 0.3) is 0 Å². The maximum atomic E-state index is 11.7. The molecule has 37 heteroatoms. The fourth-order valence-electron chi connectivity index (χ4n) is 3.96. The molecular formula is C14H28O30S7. The van der Waals surface area contributed by atoms with E-state index in [0.717, 1.165) is 0 Å². The van der Waals surface area contributed by atoms with Crippen LogP contribution in [0.1, 0.15) is 0 Å². The van der Waals surface area contributed by atoms with Crippen LogP contribution < -0.4 is 0 Å². The highest BCUT2D eigenvalue weighted by molar-refractivity contribution is 7.81. The summed E-state index contributed by atoms with van der Waals surface area (Å²) >= 11 is -6.98. The van der Waals surface area contributed by atoms with E-state index >= 15 is 0 Å². The van der Waals surface area contributed by atoms with Crippen LogP contribution in [-0.2, 0) is 123 Å². The number of methoxy groups -OCH3 is 2. The molecule has 30 nitrogen and oxygen atoms in total. The first-order chi connectivity index (χ1) is 22.9. The molecule has 306 valence electrons.